The summed E-state index contributed by atoms with van der Waals surface area (Å²) in [6.07, 6.45) is 0.377. The molecule has 0 saturated heterocycles. The smallest absolute Gasteiger partial charge is 0.225 e. The molecule has 22 heavy (non-hydrogen) atoms. The van der Waals surface area contributed by atoms with Gasteiger partial charge in [0, 0.05) is 17.1 Å². The van der Waals surface area contributed by atoms with Crippen LogP contribution in [-0.4, -0.2) is 18.8 Å². The maximum absolute atomic E-state index is 11.9. The number of hydrogen-bond acceptors (Lipinski definition) is 4. The molecule has 0 saturated carbocycles. The third kappa shape index (κ3) is 4.54. The van der Waals surface area contributed by atoms with Crippen LogP contribution in [0.4, 0.5) is 5.69 Å². The Morgan fingerprint density at radius 3 is 2.86 bits per heavy atom. The molecule has 2 rings (SSSR count). The molecule has 112 valence electrons. The molecule has 0 aromatic heterocycles. The Hall–Kier alpha value is -2.45. The second-order valence-corrected chi connectivity index (χ2v) is 5.65. The summed E-state index contributed by atoms with van der Waals surface area (Å²) in [4.78, 5) is 13.0. The molecule has 4 nitrogen and oxygen atoms in total. The number of benzene rings is 2. The zero-order valence-electron chi connectivity index (χ0n) is 12.2. The van der Waals surface area contributed by atoms with Crippen molar-refractivity contribution in [2.24, 2.45) is 0 Å². The first-order chi connectivity index (χ1) is 10.7. The van der Waals surface area contributed by atoms with Gasteiger partial charge in [0.1, 0.15) is 11.8 Å². The number of thioether (sulfide) groups is 1. The summed E-state index contributed by atoms with van der Waals surface area (Å²) in [5, 5.41) is 11.8. The zero-order valence-corrected chi connectivity index (χ0v) is 13.0. The zero-order chi connectivity index (χ0) is 15.8. The average Bonchev–Trinajstić information content (AvgIpc) is 2.55. The van der Waals surface area contributed by atoms with Crippen molar-refractivity contribution in [2.75, 3.05) is 18.2 Å². The number of ether oxygens (including phenoxy) is 1. The summed E-state index contributed by atoms with van der Waals surface area (Å²) < 4.78 is 5.16. The standard InChI is InChI=1S/C17H16N2O2S/c1-21-14-6-4-7-15(11-14)22-10-9-17(20)19-16-8-3-2-5-13(16)12-18/h2-8,11H,9-10H2,1H3,(H,19,20). The van der Waals surface area contributed by atoms with Gasteiger partial charge in [-0.25, -0.2) is 0 Å². The predicted molar refractivity (Wildman–Crippen MR) is 88.1 cm³/mol. The van der Waals surface area contributed by atoms with E-state index >= 15 is 0 Å². The molecule has 1 amide bonds. The van der Waals surface area contributed by atoms with E-state index in [1.807, 2.05) is 24.3 Å². The minimum Gasteiger partial charge on any atom is -0.497 e. The second-order valence-electron chi connectivity index (χ2n) is 4.48. The van der Waals surface area contributed by atoms with Gasteiger partial charge in [-0.15, -0.1) is 11.8 Å². The Labute approximate surface area is 134 Å². The van der Waals surface area contributed by atoms with Crippen molar-refractivity contribution in [3.8, 4) is 11.8 Å². The SMILES string of the molecule is COc1cccc(SCCC(=O)Nc2ccccc2C#N)c1. The van der Waals surface area contributed by atoms with Gasteiger partial charge >= 0.3 is 0 Å². The topological polar surface area (TPSA) is 62.1 Å². The number of amides is 1. The van der Waals surface area contributed by atoms with Gasteiger partial charge in [0.05, 0.1) is 18.4 Å². The van der Waals surface area contributed by atoms with E-state index in [1.54, 1.807) is 43.1 Å². The summed E-state index contributed by atoms with van der Waals surface area (Å²) in [6, 6.07) is 16.8. The first-order valence-corrected chi connectivity index (χ1v) is 7.77. The normalized spacial score (nSPS) is 9.82. The molecule has 0 unspecified atom stereocenters. The lowest BCUT2D eigenvalue weighted by Gasteiger charge is -2.07. The van der Waals surface area contributed by atoms with Crippen molar-refractivity contribution in [3.63, 3.8) is 0 Å². The Balaban J connectivity index is 1.84. The molecule has 0 atom stereocenters. The van der Waals surface area contributed by atoms with E-state index in [2.05, 4.69) is 11.4 Å². The molecule has 0 bridgehead atoms. The van der Waals surface area contributed by atoms with Crippen LogP contribution in [0.15, 0.2) is 53.4 Å². The van der Waals surface area contributed by atoms with Crippen molar-refractivity contribution in [1.29, 1.82) is 5.26 Å². The Kier molecular flexibility index (Phi) is 5.87. The quantitative estimate of drug-likeness (QED) is 0.826. The summed E-state index contributed by atoms with van der Waals surface area (Å²) in [5.74, 6) is 1.36. The van der Waals surface area contributed by atoms with Crippen LogP contribution in [-0.2, 0) is 4.79 Å². The van der Waals surface area contributed by atoms with Crippen LogP contribution in [0.2, 0.25) is 0 Å². The highest BCUT2D eigenvalue weighted by Gasteiger charge is 2.06. The Morgan fingerprint density at radius 1 is 1.27 bits per heavy atom. The molecule has 1 N–H and O–H groups in total. The molecule has 0 aliphatic carbocycles. The fraction of sp³-hybridized carbons (Fsp3) is 0.176. The number of nitrogens with zero attached hydrogens (tertiary/aromatic N) is 1. The third-order valence-corrected chi connectivity index (χ3v) is 3.96. The summed E-state index contributed by atoms with van der Waals surface area (Å²) in [7, 11) is 1.63. The van der Waals surface area contributed by atoms with Crippen LogP contribution in [0.5, 0.6) is 5.75 Å². The first-order valence-electron chi connectivity index (χ1n) is 6.79. The highest BCUT2D eigenvalue weighted by molar-refractivity contribution is 7.99. The fourth-order valence-electron chi connectivity index (χ4n) is 1.85. The monoisotopic (exact) mass is 312 g/mol. The van der Waals surface area contributed by atoms with Crippen molar-refractivity contribution in [1.82, 2.24) is 0 Å². The molecule has 2 aromatic carbocycles. The van der Waals surface area contributed by atoms with Gasteiger partial charge in [0.2, 0.25) is 5.91 Å². The number of carbonyl (C=O) groups is 1. The van der Waals surface area contributed by atoms with E-state index < -0.39 is 0 Å². The molecule has 0 radical (unpaired) electrons. The van der Waals surface area contributed by atoms with E-state index in [0.29, 0.717) is 23.4 Å². The van der Waals surface area contributed by atoms with E-state index in [-0.39, 0.29) is 5.91 Å². The van der Waals surface area contributed by atoms with Crippen LogP contribution < -0.4 is 10.1 Å². The van der Waals surface area contributed by atoms with Gasteiger partial charge < -0.3 is 10.1 Å². The van der Waals surface area contributed by atoms with Gasteiger partial charge in [0.25, 0.3) is 0 Å². The highest BCUT2D eigenvalue weighted by atomic mass is 32.2. The van der Waals surface area contributed by atoms with Crippen LogP contribution in [0, 0.1) is 11.3 Å². The number of carbonyl (C=O) groups excluding carboxylic acids is 1. The number of methoxy groups -OCH3 is 1. The maximum Gasteiger partial charge on any atom is 0.225 e. The number of anilines is 1. The lowest BCUT2D eigenvalue weighted by Crippen LogP contribution is -2.13. The van der Waals surface area contributed by atoms with Gasteiger partial charge in [-0.3, -0.25) is 4.79 Å². The maximum atomic E-state index is 11.9. The molecule has 5 heteroatoms. The lowest BCUT2D eigenvalue weighted by molar-refractivity contribution is -0.115. The molecule has 0 fully saturated rings. The number of rotatable bonds is 6. The number of nitrogens with one attached hydrogen (secondary N) is 1. The lowest BCUT2D eigenvalue weighted by atomic mass is 10.2. The van der Waals surface area contributed by atoms with Crippen molar-refractivity contribution in [3.05, 3.63) is 54.1 Å². The summed E-state index contributed by atoms with van der Waals surface area (Å²) >= 11 is 1.59. The van der Waals surface area contributed by atoms with Crippen LogP contribution in [0.25, 0.3) is 0 Å². The molecule has 0 spiro atoms. The summed E-state index contributed by atoms with van der Waals surface area (Å²) in [5.41, 5.74) is 1.03. The molecule has 0 aliphatic heterocycles. The molecular formula is C17H16N2O2S. The second kappa shape index (κ2) is 8.11. The third-order valence-electron chi connectivity index (χ3n) is 2.96. The van der Waals surface area contributed by atoms with Gasteiger partial charge in [-0.05, 0) is 30.3 Å². The van der Waals surface area contributed by atoms with E-state index in [9.17, 15) is 4.79 Å². The Bertz CT molecular complexity index is 695. The number of nitriles is 1. The average molecular weight is 312 g/mol. The molecule has 0 heterocycles. The van der Waals surface area contributed by atoms with Gasteiger partial charge in [-0.1, -0.05) is 18.2 Å². The Morgan fingerprint density at radius 2 is 2.09 bits per heavy atom. The summed E-state index contributed by atoms with van der Waals surface area (Å²) in [6.45, 7) is 0. The minimum atomic E-state index is -0.0990. The molecular weight excluding hydrogens is 296 g/mol. The van der Waals surface area contributed by atoms with E-state index in [0.717, 1.165) is 10.6 Å². The number of para-hydroxylation sites is 1. The van der Waals surface area contributed by atoms with Crippen LogP contribution in [0.3, 0.4) is 0 Å². The molecule has 0 aliphatic rings. The predicted octanol–water partition coefficient (Wildman–Crippen LogP) is 3.69. The van der Waals surface area contributed by atoms with Gasteiger partial charge in [0.15, 0.2) is 0 Å². The minimum absolute atomic E-state index is 0.0990. The van der Waals surface area contributed by atoms with Crippen LogP contribution in [0.1, 0.15) is 12.0 Å². The first kappa shape index (κ1) is 15.9. The van der Waals surface area contributed by atoms with Crippen molar-refractivity contribution in [2.45, 2.75) is 11.3 Å². The van der Waals surface area contributed by atoms with Gasteiger partial charge in [-0.2, -0.15) is 5.26 Å². The molecule has 2 aromatic rings. The van der Waals surface area contributed by atoms with Crippen LogP contribution >= 0.6 is 11.8 Å². The number of hydrogen-bond donors (Lipinski definition) is 1. The van der Waals surface area contributed by atoms with E-state index in [1.165, 1.54) is 0 Å². The largest absolute Gasteiger partial charge is 0.497 e. The fourth-order valence-corrected chi connectivity index (χ4v) is 2.75. The van der Waals surface area contributed by atoms with E-state index in [4.69, 9.17) is 10.00 Å². The highest BCUT2D eigenvalue weighted by Crippen LogP contribution is 2.23. The van der Waals surface area contributed by atoms with Crippen molar-refractivity contribution >= 4 is 23.4 Å². The van der Waals surface area contributed by atoms with Crippen molar-refractivity contribution < 1.29 is 9.53 Å².